The summed E-state index contributed by atoms with van der Waals surface area (Å²) in [4.78, 5) is 0. The Hall–Kier alpha value is -0.670. The minimum atomic E-state index is -0.228. The highest BCUT2D eigenvalue weighted by Gasteiger charge is 2.08. The van der Waals surface area contributed by atoms with E-state index >= 15 is 0 Å². The summed E-state index contributed by atoms with van der Waals surface area (Å²) in [5, 5.41) is 0. The first-order chi connectivity index (χ1) is 10.1. The Morgan fingerprint density at radius 2 is 1.52 bits per heavy atom. The van der Waals surface area contributed by atoms with E-state index in [1.165, 1.54) is 43.4 Å². The van der Waals surface area contributed by atoms with Gasteiger partial charge in [0.15, 0.2) is 0 Å². The molecular formula is C18H19Br2F. The van der Waals surface area contributed by atoms with Crippen LogP contribution in [0, 0.1) is 5.82 Å². The molecule has 0 fully saturated rings. The zero-order valence-corrected chi connectivity index (χ0v) is 15.3. The third-order valence-corrected chi connectivity index (χ3v) is 4.89. The van der Waals surface area contributed by atoms with Crippen LogP contribution in [0.15, 0.2) is 45.3 Å². The van der Waals surface area contributed by atoms with Crippen molar-refractivity contribution in [3.05, 3.63) is 56.7 Å². The molecule has 3 heteroatoms. The van der Waals surface area contributed by atoms with E-state index in [1.54, 1.807) is 6.07 Å². The molecule has 0 nitrogen and oxygen atoms in total. The van der Waals surface area contributed by atoms with Gasteiger partial charge in [-0.2, -0.15) is 0 Å². The fourth-order valence-corrected chi connectivity index (χ4v) is 3.60. The van der Waals surface area contributed by atoms with Crippen LogP contribution in [0.5, 0.6) is 0 Å². The molecule has 2 aromatic carbocycles. The first kappa shape index (κ1) is 16.7. The van der Waals surface area contributed by atoms with Gasteiger partial charge in [0.2, 0.25) is 0 Å². The zero-order chi connectivity index (χ0) is 15.2. The number of hydrogen-bond acceptors (Lipinski definition) is 0. The van der Waals surface area contributed by atoms with Crippen LogP contribution in [0.3, 0.4) is 0 Å². The third kappa shape index (κ3) is 4.65. The Balaban J connectivity index is 2.15. The molecule has 0 saturated carbocycles. The Labute approximate surface area is 143 Å². The molecule has 0 aliphatic heterocycles. The maximum absolute atomic E-state index is 13.2. The second kappa shape index (κ2) is 8.09. The van der Waals surface area contributed by atoms with Gasteiger partial charge in [-0.25, -0.2) is 4.39 Å². The molecule has 0 aliphatic carbocycles. The van der Waals surface area contributed by atoms with Crippen molar-refractivity contribution < 1.29 is 4.39 Å². The molecule has 112 valence electrons. The molecular weight excluding hydrogens is 395 g/mol. The molecule has 0 radical (unpaired) electrons. The molecule has 0 spiro atoms. The van der Waals surface area contributed by atoms with Crippen LogP contribution in [-0.2, 0) is 6.42 Å². The molecule has 0 unspecified atom stereocenters. The topological polar surface area (TPSA) is 0 Å². The molecule has 0 saturated heterocycles. The summed E-state index contributed by atoms with van der Waals surface area (Å²) < 4.78 is 15.0. The average molecular weight is 414 g/mol. The van der Waals surface area contributed by atoms with E-state index in [4.69, 9.17) is 0 Å². The normalized spacial score (nSPS) is 10.9. The molecule has 0 heterocycles. The third-order valence-electron chi connectivity index (χ3n) is 3.57. The van der Waals surface area contributed by atoms with Gasteiger partial charge < -0.3 is 0 Å². The van der Waals surface area contributed by atoms with E-state index < -0.39 is 0 Å². The van der Waals surface area contributed by atoms with Crippen LogP contribution in [-0.4, -0.2) is 0 Å². The van der Waals surface area contributed by atoms with E-state index in [2.05, 4.69) is 57.0 Å². The van der Waals surface area contributed by atoms with Gasteiger partial charge in [0, 0.05) is 8.95 Å². The quantitative estimate of drug-likeness (QED) is 0.441. The van der Waals surface area contributed by atoms with Gasteiger partial charge in [-0.1, -0.05) is 76.2 Å². The Morgan fingerprint density at radius 3 is 2.14 bits per heavy atom. The fourth-order valence-electron chi connectivity index (χ4n) is 2.40. The largest absolute Gasteiger partial charge is 0.207 e. The number of aryl methyl sites for hydroxylation is 1. The first-order valence-corrected chi connectivity index (χ1v) is 8.94. The maximum atomic E-state index is 13.2. The summed E-state index contributed by atoms with van der Waals surface area (Å²) in [6.45, 7) is 2.23. The molecule has 2 rings (SSSR count). The van der Waals surface area contributed by atoms with Crippen molar-refractivity contribution in [1.82, 2.24) is 0 Å². The van der Waals surface area contributed by atoms with Crippen molar-refractivity contribution in [2.24, 2.45) is 0 Å². The van der Waals surface area contributed by atoms with Crippen molar-refractivity contribution in [2.75, 3.05) is 0 Å². The van der Waals surface area contributed by atoms with Gasteiger partial charge >= 0.3 is 0 Å². The number of halogens is 3. The zero-order valence-electron chi connectivity index (χ0n) is 12.1. The Morgan fingerprint density at radius 1 is 0.857 bits per heavy atom. The highest BCUT2D eigenvalue weighted by molar-refractivity contribution is 9.11. The molecule has 0 N–H and O–H groups in total. The van der Waals surface area contributed by atoms with Crippen LogP contribution in [0.2, 0.25) is 0 Å². The molecule has 0 aliphatic rings. The fraction of sp³-hybridized carbons (Fsp3) is 0.333. The van der Waals surface area contributed by atoms with Gasteiger partial charge in [-0.15, -0.1) is 0 Å². The van der Waals surface area contributed by atoms with Crippen LogP contribution >= 0.6 is 31.9 Å². The van der Waals surface area contributed by atoms with E-state index in [0.29, 0.717) is 0 Å². The van der Waals surface area contributed by atoms with Crippen LogP contribution in [0.25, 0.3) is 11.1 Å². The summed E-state index contributed by atoms with van der Waals surface area (Å²) in [5.74, 6) is -0.228. The highest BCUT2D eigenvalue weighted by Crippen LogP contribution is 2.34. The lowest BCUT2D eigenvalue weighted by Crippen LogP contribution is -1.89. The SMILES string of the molecule is CCCCCCc1ccc(-c2ccc(F)cc2Br)c(Br)c1. The predicted octanol–water partition coefficient (Wildman–Crippen LogP) is 7.14. The molecule has 2 aromatic rings. The van der Waals surface area contributed by atoms with Gasteiger partial charge in [0.05, 0.1) is 0 Å². The van der Waals surface area contributed by atoms with E-state index in [1.807, 2.05) is 0 Å². The van der Waals surface area contributed by atoms with Gasteiger partial charge in [0.1, 0.15) is 5.82 Å². The summed E-state index contributed by atoms with van der Waals surface area (Å²) in [5.41, 5.74) is 3.43. The minimum Gasteiger partial charge on any atom is -0.207 e. The molecule has 0 aromatic heterocycles. The summed E-state index contributed by atoms with van der Waals surface area (Å²) in [7, 11) is 0. The minimum absolute atomic E-state index is 0.228. The van der Waals surface area contributed by atoms with Crippen molar-refractivity contribution in [1.29, 1.82) is 0 Å². The van der Waals surface area contributed by atoms with Gasteiger partial charge in [0.25, 0.3) is 0 Å². The number of benzene rings is 2. The Bertz CT molecular complexity index is 608. The molecule has 0 amide bonds. The first-order valence-electron chi connectivity index (χ1n) is 7.35. The smallest absolute Gasteiger partial charge is 0.124 e. The van der Waals surface area contributed by atoms with Crippen LogP contribution < -0.4 is 0 Å². The van der Waals surface area contributed by atoms with Crippen molar-refractivity contribution in [2.45, 2.75) is 39.0 Å². The lowest BCUT2D eigenvalue weighted by Gasteiger charge is -2.10. The summed E-state index contributed by atoms with van der Waals surface area (Å²) in [6, 6.07) is 11.3. The lowest BCUT2D eigenvalue weighted by atomic mass is 10.0. The number of hydrogen-bond donors (Lipinski definition) is 0. The summed E-state index contributed by atoms with van der Waals surface area (Å²) >= 11 is 7.08. The second-order valence-corrected chi connectivity index (χ2v) is 6.96. The van der Waals surface area contributed by atoms with Crippen molar-refractivity contribution in [3.8, 4) is 11.1 Å². The average Bonchev–Trinajstić information content (AvgIpc) is 2.45. The van der Waals surface area contributed by atoms with Crippen LogP contribution in [0.4, 0.5) is 4.39 Å². The molecule has 21 heavy (non-hydrogen) atoms. The van der Waals surface area contributed by atoms with Gasteiger partial charge in [-0.05, 0) is 47.7 Å². The summed E-state index contributed by atoms with van der Waals surface area (Å²) in [6.07, 6.45) is 6.21. The highest BCUT2D eigenvalue weighted by atomic mass is 79.9. The second-order valence-electron chi connectivity index (χ2n) is 5.25. The van der Waals surface area contributed by atoms with E-state index in [-0.39, 0.29) is 5.82 Å². The standard InChI is InChI=1S/C18H19Br2F/c1-2-3-4-5-6-13-7-9-15(17(19)11-13)16-10-8-14(21)12-18(16)20/h7-12H,2-6H2,1H3. The van der Waals surface area contributed by atoms with Gasteiger partial charge in [-0.3, -0.25) is 0 Å². The van der Waals surface area contributed by atoms with E-state index in [0.717, 1.165) is 26.5 Å². The number of rotatable bonds is 6. The maximum Gasteiger partial charge on any atom is 0.124 e. The number of unbranched alkanes of at least 4 members (excludes halogenated alkanes) is 3. The van der Waals surface area contributed by atoms with Crippen molar-refractivity contribution >= 4 is 31.9 Å². The Kier molecular flexibility index (Phi) is 6.43. The van der Waals surface area contributed by atoms with Crippen LogP contribution in [0.1, 0.15) is 38.2 Å². The predicted molar refractivity (Wildman–Crippen MR) is 95.1 cm³/mol. The monoisotopic (exact) mass is 412 g/mol. The van der Waals surface area contributed by atoms with Crippen molar-refractivity contribution in [3.63, 3.8) is 0 Å². The van der Waals surface area contributed by atoms with E-state index in [9.17, 15) is 4.39 Å². The molecule has 0 atom stereocenters. The molecule has 0 bridgehead atoms. The lowest BCUT2D eigenvalue weighted by molar-refractivity contribution is 0.627.